The summed E-state index contributed by atoms with van der Waals surface area (Å²) in [4.78, 5) is 33.9. The predicted octanol–water partition coefficient (Wildman–Crippen LogP) is 1.99. The molecule has 0 unspecified atom stereocenters. The molecule has 2 rings (SSSR count). The van der Waals surface area contributed by atoms with Crippen LogP contribution < -0.4 is 0 Å². The van der Waals surface area contributed by atoms with E-state index in [1.807, 2.05) is 30.3 Å². The quantitative estimate of drug-likeness (QED) is 0.462. The van der Waals surface area contributed by atoms with Crippen LogP contribution >= 0.6 is 0 Å². The van der Waals surface area contributed by atoms with Crippen LogP contribution in [-0.4, -0.2) is 28.4 Å². The van der Waals surface area contributed by atoms with Crippen LogP contribution in [0.2, 0.25) is 0 Å². The number of nitrogens with zero attached hydrogens (tertiary/aromatic N) is 2. The lowest BCUT2D eigenvalue weighted by Crippen LogP contribution is -2.17. The number of hydrogen-bond donors (Lipinski definition) is 0. The third-order valence-corrected chi connectivity index (χ3v) is 3.08. The van der Waals surface area contributed by atoms with E-state index in [1.165, 1.54) is 11.7 Å². The number of carbonyl (C=O) groups excluding carboxylic acids is 2. The van der Waals surface area contributed by atoms with Crippen LogP contribution in [0.25, 0.3) is 0 Å². The molecule has 1 aromatic heterocycles. The topological polar surface area (TPSA) is 91.4 Å². The van der Waals surface area contributed by atoms with Crippen molar-refractivity contribution in [1.82, 2.24) is 4.57 Å². The molecule has 1 heterocycles. The molecule has 0 saturated heterocycles. The molecule has 0 amide bonds. The van der Waals surface area contributed by atoms with Crippen molar-refractivity contribution >= 4 is 17.4 Å². The number of carbonyl (C=O) groups is 2. The molecule has 0 spiro atoms. The van der Waals surface area contributed by atoms with Gasteiger partial charge in [0.05, 0.1) is 24.8 Å². The number of nitro groups is 1. The van der Waals surface area contributed by atoms with Gasteiger partial charge in [0, 0.05) is 12.5 Å². The van der Waals surface area contributed by atoms with Crippen molar-refractivity contribution in [3.63, 3.8) is 0 Å². The van der Waals surface area contributed by atoms with E-state index in [-0.39, 0.29) is 30.1 Å². The maximum atomic E-state index is 12.1. The molecular weight excluding hydrogens is 288 g/mol. The van der Waals surface area contributed by atoms with E-state index in [9.17, 15) is 19.7 Å². The molecule has 0 radical (unpaired) electrons. The number of Topliss-reactive ketones (excluding diaryl/α,β-unsaturated/α-hetero) is 1. The van der Waals surface area contributed by atoms with Crippen molar-refractivity contribution in [3.05, 3.63) is 64.0 Å². The van der Waals surface area contributed by atoms with Crippen molar-refractivity contribution in [3.8, 4) is 0 Å². The number of esters is 1. The summed E-state index contributed by atoms with van der Waals surface area (Å²) in [5.41, 5.74) is 0.567. The van der Waals surface area contributed by atoms with Crippen molar-refractivity contribution in [1.29, 1.82) is 0 Å². The summed E-state index contributed by atoms with van der Waals surface area (Å²) in [5.74, 6) is -0.887. The molecule has 114 valence electrons. The van der Waals surface area contributed by atoms with E-state index < -0.39 is 10.9 Å². The first-order chi connectivity index (χ1) is 10.5. The van der Waals surface area contributed by atoms with Crippen LogP contribution in [0.3, 0.4) is 0 Å². The van der Waals surface area contributed by atoms with Gasteiger partial charge in [-0.1, -0.05) is 30.3 Å². The van der Waals surface area contributed by atoms with Crippen LogP contribution in [0.4, 0.5) is 5.69 Å². The standard InChI is InChI=1S/C15H14N2O5/c1-22-15(19)14-8-12(17(20)21)9-16(14)10-13(18)7-11-5-3-2-4-6-11/h2-6,8-9H,7,10H2,1H3. The molecule has 0 bridgehead atoms. The summed E-state index contributed by atoms with van der Waals surface area (Å²) in [6.45, 7) is -0.132. The minimum atomic E-state index is -0.722. The first-order valence-corrected chi connectivity index (χ1v) is 6.49. The predicted molar refractivity (Wildman–Crippen MR) is 77.6 cm³/mol. The Morgan fingerprint density at radius 3 is 2.55 bits per heavy atom. The average Bonchev–Trinajstić information content (AvgIpc) is 2.91. The Morgan fingerprint density at radius 2 is 1.95 bits per heavy atom. The molecule has 0 fully saturated rings. The fourth-order valence-electron chi connectivity index (χ4n) is 2.07. The molecule has 0 N–H and O–H groups in total. The smallest absolute Gasteiger partial charge is 0.354 e. The summed E-state index contributed by atoms with van der Waals surface area (Å²) in [7, 11) is 1.18. The number of methoxy groups -OCH3 is 1. The first-order valence-electron chi connectivity index (χ1n) is 6.49. The van der Waals surface area contributed by atoms with Crippen LogP contribution in [0, 0.1) is 10.1 Å². The lowest BCUT2D eigenvalue weighted by Gasteiger charge is -2.06. The molecule has 0 aliphatic rings. The Hall–Kier alpha value is -2.96. The monoisotopic (exact) mass is 302 g/mol. The zero-order valence-corrected chi connectivity index (χ0v) is 11.9. The van der Waals surface area contributed by atoms with Crippen molar-refractivity contribution < 1.29 is 19.2 Å². The Kier molecular flexibility index (Phi) is 4.67. The Morgan fingerprint density at radius 1 is 1.27 bits per heavy atom. The fourth-order valence-corrected chi connectivity index (χ4v) is 2.07. The highest BCUT2D eigenvalue weighted by atomic mass is 16.6. The highest BCUT2D eigenvalue weighted by molar-refractivity contribution is 5.90. The summed E-state index contributed by atoms with van der Waals surface area (Å²) < 4.78 is 5.82. The van der Waals surface area contributed by atoms with Gasteiger partial charge in [-0.25, -0.2) is 4.79 Å². The second-order valence-electron chi connectivity index (χ2n) is 4.66. The van der Waals surface area contributed by atoms with E-state index in [0.717, 1.165) is 17.8 Å². The van der Waals surface area contributed by atoms with E-state index >= 15 is 0 Å². The third-order valence-electron chi connectivity index (χ3n) is 3.08. The van der Waals surface area contributed by atoms with Crippen molar-refractivity contribution in [2.24, 2.45) is 0 Å². The average molecular weight is 302 g/mol. The molecule has 0 aliphatic heterocycles. The van der Waals surface area contributed by atoms with Gasteiger partial charge in [0.25, 0.3) is 5.69 Å². The third kappa shape index (κ3) is 3.57. The lowest BCUT2D eigenvalue weighted by molar-refractivity contribution is -0.384. The highest BCUT2D eigenvalue weighted by Gasteiger charge is 2.21. The van der Waals surface area contributed by atoms with Gasteiger partial charge in [-0.2, -0.15) is 0 Å². The van der Waals surface area contributed by atoms with Crippen molar-refractivity contribution in [2.75, 3.05) is 7.11 Å². The molecule has 7 nitrogen and oxygen atoms in total. The number of hydrogen-bond acceptors (Lipinski definition) is 5. The van der Waals surface area contributed by atoms with Crippen molar-refractivity contribution in [2.45, 2.75) is 13.0 Å². The van der Waals surface area contributed by atoms with Gasteiger partial charge in [0.15, 0.2) is 5.78 Å². The van der Waals surface area contributed by atoms with E-state index in [2.05, 4.69) is 4.74 Å². The second-order valence-corrected chi connectivity index (χ2v) is 4.66. The molecule has 0 aliphatic carbocycles. The van der Waals surface area contributed by atoms with E-state index in [1.54, 1.807) is 0 Å². The Labute approximate surface area is 126 Å². The zero-order chi connectivity index (χ0) is 16.1. The number of benzene rings is 1. The number of rotatable bonds is 6. The first kappa shape index (κ1) is 15.4. The second kappa shape index (κ2) is 6.66. The highest BCUT2D eigenvalue weighted by Crippen LogP contribution is 2.17. The van der Waals surface area contributed by atoms with Gasteiger partial charge in [0.1, 0.15) is 5.69 Å². The molecule has 22 heavy (non-hydrogen) atoms. The molecule has 0 saturated carbocycles. The Bertz CT molecular complexity index is 706. The largest absolute Gasteiger partial charge is 0.464 e. The van der Waals surface area contributed by atoms with Gasteiger partial charge >= 0.3 is 5.97 Å². The van der Waals surface area contributed by atoms with E-state index in [4.69, 9.17) is 0 Å². The fraction of sp³-hybridized carbons (Fsp3) is 0.200. The van der Waals surface area contributed by atoms with Crippen LogP contribution in [0.1, 0.15) is 16.1 Å². The molecule has 2 aromatic rings. The lowest BCUT2D eigenvalue weighted by atomic mass is 10.1. The maximum absolute atomic E-state index is 12.1. The summed E-state index contributed by atoms with van der Waals surface area (Å²) in [6, 6.07) is 10.2. The van der Waals surface area contributed by atoms with Crippen LogP contribution in [0.5, 0.6) is 0 Å². The molecule has 0 atom stereocenters. The van der Waals surface area contributed by atoms with Gasteiger partial charge in [-0.05, 0) is 5.56 Å². The van der Waals surface area contributed by atoms with Gasteiger partial charge in [0.2, 0.25) is 0 Å². The molecule has 7 heteroatoms. The Balaban J connectivity index is 2.19. The number of aromatic nitrogens is 1. The zero-order valence-electron chi connectivity index (χ0n) is 11.9. The summed E-state index contributed by atoms with van der Waals surface area (Å²) in [6.07, 6.45) is 1.35. The molecule has 1 aromatic carbocycles. The minimum Gasteiger partial charge on any atom is -0.464 e. The van der Waals surface area contributed by atoms with Gasteiger partial charge in [-0.15, -0.1) is 0 Å². The summed E-state index contributed by atoms with van der Waals surface area (Å²) in [5, 5.41) is 10.8. The minimum absolute atomic E-state index is 0.0180. The number of ketones is 1. The number of ether oxygens (including phenoxy) is 1. The SMILES string of the molecule is COC(=O)c1cc([N+](=O)[O-])cn1CC(=O)Cc1ccccc1. The maximum Gasteiger partial charge on any atom is 0.354 e. The van der Waals surface area contributed by atoms with Crippen LogP contribution in [0.15, 0.2) is 42.6 Å². The van der Waals surface area contributed by atoms with Crippen LogP contribution in [-0.2, 0) is 22.5 Å². The van der Waals surface area contributed by atoms with E-state index in [0.29, 0.717) is 0 Å². The normalized spacial score (nSPS) is 10.2. The van der Waals surface area contributed by atoms with Gasteiger partial charge in [-0.3, -0.25) is 14.9 Å². The van der Waals surface area contributed by atoms with Gasteiger partial charge < -0.3 is 9.30 Å². The molecular formula is C15H14N2O5. The summed E-state index contributed by atoms with van der Waals surface area (Å²) >= 11 is 0.